The number of hydrogen-bond donors (Lipinski definition) is 1. The number of nitrogens with zero attached hydrogens (tertiary/aromatic N) is 1. The summed E-state index contributed by atoms with van der Waals surface area (Å²) in [5.41, 5.74) is 17.4. The Bertz CT molecular complexity index is 2200. The van der Waals surface area contributed by atoms with Gasteiger partial charge in [0.1, 0.15) is 0 Å². The van der Waals surface area contributed by atoms with Crippen molar-refractivity contribution in [1.29, 1.82) is 0 Å². The van der Waals surface area contributed by atoms with Crippen LogP contribution in [-0.4, -0.2) is 4.98 Å². The second kappa shape index (κ2) is 10.2. The van der Waals surface area contributed by atoms with Crippen LogP contribution in [0.1, 0.15) is 33.4 Å². The zero-order valence-corrected chi connectivity index (χ0v) is 24.7. The molecule has 0 aliphatic heterocycles. The summed E-state index contributed by atoms with van der Waals surface area (Å²) in [5, 5.41) is 3.65. The highest BCUT2D eigenvalue weighted by Gasteiger charge is 2.46. The molecule has 0 amide bonds. The largest absolute Gasteiger partial charge is 0.356 e. The number of pyridine rings is 1. The number of anilines is 2. The van der Waals surface area contributed by atoms with Crippen molar-refractivity contribution in [3.63, 3.8) is 0 Å². The summed E-state index contributed by atoms with van der Waals surface area (Å²) in [4.78, 5) is 4.30. The van der Waals surface area contributed by atoms with E-state index in [1.165, 1.54) is 55.6 Å². The van der Waals surface area contributed by atoms with E-state index >= 15 is 0 Å². The van der Waals surface area contributed by atoms with Gasteiger partial charge in [0.2, 0.25) is 0 Å². The van der Waals surface area contributed by atoms with E-state index in [-0.39, 0.29) is 0 Å². The quantitative estimate of drug-likeness (QED) is 0.221. The fourth-order valence-corrected chi connectivity index (χ4v) is 7.66. The molecule has 9 rings (SSSR count). The molecule has 1 heterocycles. The maximum absolute atomic E-state index is 4.30. The molecular weight excluding hydrogens is 544 g/mol. The van der Waals surface area contributed by atoms with Crippen LogP contribution in [0.4, 0.5) is 11.4 Å². The zero-order valence-electron chi connectivity index (χ0n) is 24.7. The lowest BCUT2D eigenvalue weighted by Gasteiger charge is -2.34. The average molecular weight is 575 g/mol. The van der Waals surface area contributed by atoms with Gasteiger partial charge in [-0.1, -0.05) is 109 Å². The first kappa shape index (κ1) is 25.7. The van der Waals surface area contributed by atoms with Crippen molar-refractivity contribution >= 4 is 11.4 Å². The zero-order chi connectivity index (χ0) is 29.8. The molecule has 212 valence electrons. The molecule has 2 aliphatic carbocycles. The normalized spacial score (nSPS) is 15.6. The van der Waals surface area contributed by atoms with E-state index in [0.717, 1.165) is 28.9 Å². The predicted octanol–water partition coefficient (Wildman–Crippen LogP) is 10.4. The van der Waals surface area contributed by atoms with Crippen molar-refractivity contribution in [2.75, 3.05) is 5.32 Å². The van der Waals surface area contributed by atoms with E-state index < -0.39 is 5.41 Å². The molecule has 1 N–H and O–H groups in total. The summed E-state index contributed by atoms with van der Waals surface area (Å²) in [7, 11) is 0. The lowest BCUT2D eigenvalue weighted by Crippen LogP contribution is -2.28. The third-order valence-electron chi connectivity index (χ3n) is 9.63. The van der Waals surface area contributed by atoms with Gasteiger partial charge in [-0.05, 0) is 110 Å². The fourth-order valence-electron chi connectivity index (χ4n) is 7.66. The molecule has 6 aromatic carbocycles. The molecule has 1 aromatic heterocycles. The van der Waals surface area contributed by atoms with E-state index in [1.807, 2.05) is 18.5 Å². The third kappa shape index (κ3) is 3.99. The highest BCUT2D eigenvalue weighted by Crippen LogP contribution is 2.58. The summed E-state index contributed by atoms with van der Waals surface area (Å²) in [6.45, 7) is 0. The monoisotopic (exact) mass is 574 g/mol. The molecule has 0 fully saturated rings. The van der Waals surface area contributed by atoms with Crippen molar-refractivity contribution < 1.29 is 0 Å². The summed E-state index contributed by atoms with van der Waals surface area (Å²) in [6.07, 6.45) is 4.70. The molecular formula is C43H30N2. The second-order valence-electron chi connectivity index (χ2n) is 12.1. The molecule has 2 aliphatic rings. The van der Waals surface area contributed by atoms with E-state index in [0.29, 0.717) is 0 Å². The van der Waals surface area contributed by atoms with Crippen molar-refractivity contribution in [1.82, 2.24) is 4.98 Å². The van der Waals surface area contributed by atoms with Gasteiger partial charge in [0, 0.05) is 29.3 Å². The Morgan fingerprint density at radius 2 is 1.22 bits per heavy atom. The average Bonchev–Trinajstić information content (AvgIpc) is 3.62. The molecule has 2 heteroatoms. The smallest absolute Gasteiger partial charge is 0.0713 e. The van der Waals surface area contributed by atoms with Gasteiger partial charge in [-0.2, -0.15) is 0 Å². The van der Waals surface area contributed by atoms with Crippen LogP contribution in [0.3, 0.4) is 0 Å². The van der Waals surface area contributed by atoms with Gasteiger partial charge in [-0.15, -0.1) is 0 Å². The summed E-state index contributed by atoms with van der Waals surface area (Å²) >= 11 is 0. The number of fused-ring (bicyclic) bond motifs is 6. The summed E-state index contributed by atoms with van der Waals surface area (Å²) < 4.78 is 0. The molecule has 0 saturated carbocycles. The minimum Gasteiger partial charge on any atom is -0.356 e. The van der Waals surface area contributed by atoms with E-state index in [4.69, 9.17) is 0 Å². The van der Waals surface area contributed by atoms with E-state index in [9.17, 15) is 0 Å². The minimum absolute atomic E-state index is 0.432. The van der Waals surface area contributed by atoms with Crippen LogP contribution >= 0.6 is 0 Å². The van der Waals surface area contributed by atoms with Crippen molar-refractivity contribution in [3.05, 3.63) is 197 Å². The maximum atomic E-state index is 4.30. The Hall–Kier alpha value is -5.73. The van der Waals surface area contributed by atoms with Gasteiger partial charge in [0.25, 0.3) is 0 Å². The van der Waals surface area contributed by atoms with Crippen LogP contribution in [0, 0.1) is 0 Å². The first-order chi connectivity index (χ1) is 22.3. The molecule has 0 saturated heterocycles. The van der Waals surface area contributed by atoms with E-state index in [1.54, 1.807) is 0 Å². The van der Waals surface area contributed by atoms with Crippen LogP contribution in [-0.2, 0) is 11.8 Å². The Morgan fingerprint density at radius 1 is 0.467 bits per heavy atom. The van der Waals surface area contributed by atoms with Crippen LogP contribution < -0.4 is 5.32 Å². The number of benzene rings is 6. The lowest BCUT2D eigenvalue weighted by molar-refractivity contribution is 0.769. The van der Waals surface area contributed by atoms with Crippen LogP contribution in [0.2, 0.25) is 0 Å². The van der Waals surface area contributed by atoms with Crippen LogP contribution in [0.25, 0.3) is 33.4 Å². The van der Waals surface area contributed by atoms with Gasteiger partial charge in [0.05, 0.1) is 5.41 Å². The number of nitrogens with one attached hydrogen (secondary N) is 1. The Balaban J connectivity index is 1.19. The minimum atomic E-state index is -0.432. The van der Waals surface area contributed by atoms with Crippen molar-refractivity contribution in [3.8, 4) is 33.4 Å². The van der Waals surface area contributed by atoms with Gasteiger partial charge < -0.3 is 5.32 Å². The molecule has 7 aromatic rings. The van der Waals surface area contributed by atoms with Gasteiger partial charge in [-0.25, -0.2) is 0 Å². The molecule has 0 bridgehead atoms. The third-order valence-corrected chi connectivity index (χ3v) is 9.63. The standard InChI is InChI=1S/C43H30N2/c1-2-13-33(14-3-1)43(34-19-21-35(22-20-34)45-36-15-8-11-29(25-36)31-12-9-23-44-28-31)41-18-7-6-17-38(41)40-26-32-24-30-10-4-5-16-37(30)39(32)27-42(40)43/h1-23,25-28,45H,24H2. The highest BCUT2D eigenvalue weighted by molar-refractivity contribution is 5.91. The van der Waals surface area contributed by atoms with Gasteiger partial charge in [-0.3, -0.25) is 4.98 Å². The highest BCUT2D eigenvalue weighted by atomic mass is 14.9. The van der Waals surface area contributed by atoms with Crippen molar-refractivity contribution in [2.45, 2.75) is 11.8 Å². The summed E-state index contributed by atoms with van der Waals surface area (Å²) in [5.74, 6) is 0. The molecule has 1 atom stereocenters. The maximum Gasteiger partial charge on any atom is 0.0713 e. The lowest BCUT2D eigenvalue weighted by atomic mass is 9.67. The molecule has 45 heavy (non-hydrogen) atoms. The fraction of sp³-hybridized carbons (Fsp3) is 0.0465. The Kier molecular flexibility index (Phi) is 5.82. The SMILES string of the molecule is c1ccc(C2(c3ccc(Nc4cccc(-c5cccnc5)c4)cc3)c3ccccc3-c3cc4c(cc32)-c2ccccc2C4)cc1. The van der Waals surface area contributed by atoms with Crippen LogP contribution in [0.15, 0.2) is 164 Å². The molecule has 2 nitrogen and oxygen atoms in total. The van der Waals surface area contributed by atoms with Gasteiger partial charge in [0.15, 0.2) is 0 Å². The Labute approximate surface area is 263 Å². The number of aromatic nitrogens is 1. The first-order valence-electron chi connectivity index (χ1n) is 15.6. The molecule has 0 spiro atoms. The van der Waals surface area contributed by atoms with Gasteiger partial charge >= 0.3 is 0 Å². The molecule has 0 radical (unpaired) electrons. The van der Waals surface area contributed by atoms with Crippen LogP contribution in [0.5, 0.6) is 0 Å². The Morgan fingerprint density at radius 3 is 2.07 bits per heavy atom. The van der Waals surface area contributed by atoms with Crippen molar-refractivity contribution in [2.24, 2.45) is 0 Å². The predicted molar refractivity (Wildman–Crippen MR) is 185 cm³/mol. The van der Waals surface area contributed by atoms with E-state index in [2.05, 4.69) is 156 Å². The summed E-state index contributed by atoms with van der Waals surface area (Å²) in [6, 6.07) is 55.5. The topological polar surface area (TPSA) is 24.9 Å². The number of rotatable bonds is 5. The number of hydrogen-bond acceptors (Lipinski definition) is 2. The molecule has 1 unspecified atom stereocenters. The first-order valence-corrected chi connectivity index (χ1v) is 15.6. The second-order valence-corrected chi connectivity index (χ2v) is 12.1.